The summed E-state index contributed by atoms with van der Waals surface area (Å²) in [4.78, 5) is 13.5. The summed E-state index contributed by atoms with van der Waals surface area (Å²) >= 11 is 0. The molecule has 1 aliphatic heterocycles. The highest BCUT2D eigenvalue weighted by molar-refractivity contribution is 5.85. The van der Waals surface area contributed by atoms with Crippen LogP contribution in [0.5, 0.6) is 0 Å². The van der Waals surface area contributed by atoms with Crippen LogP contribution in [-0.2, 0) is 13.1 Å². The fourth-order valence-electron chi connectivity index (χ4n) is 4.11. The Hall–Kier alpha value is -1.62. The van der Waals surface area contributed by atoms with Gasteiger partial charge in [0.05, 0.1) is 12.2 Å². The lowest BCUT2D eigenvalue weighted by Gasteiger charge is -2.36. The first-order valence-electron chi connectivity index (χ1n) is 8.58. The summed E-state index contributed by atoms with van der Waals surface area (Å²) in [5.74, 6) is -0.941. The largest absolute Gasteiger partial charge is 0.476 e. The third-order valence-corrected chi connectivity index (χ3v) is 5.46. The molecule has 5 heteroatoms. The van der Waals surface area contributed by atoms with Crippen molar-refractivity contribution in [2.45, 2.75) is 59.5 Å². The van der Waals surface area contributed by atoms with Crippen molar-refractivity contribution in [2.24, 2.45) is 5.41 Å². The standard InChI is InChI=1S/C18H27N3O2/c1-13-5-4-7-18(2,3)15(13)6-8-20-9-10-21-14(12-20)11-16(19-21)17(22)23/h11H,4-10,12H2,1-3H3,(H,22,23). The molecule has 126 valence electrons. The van der Waals surface area contributed by atoms with E-state index in [0.717, 1.165) is 38.3 Å². The number of rotatable bonds is 4. The molecule has 1 aromatic heterocycles. The zero-order valence-corrected chi connectivity index (χ0v) is 14.4. The Kier molecular flexibility index (Phi) is 4.32. The van der Waals surface area contributed by atoms with Crippen LogP contribution in [-0.4, -0.2) is 38.8 Å². The summed E-state index contributed by atoms with van der Waals surface area (Å²) in [6.45, 7) is 10.6. The lowest BCUT2D eigenvalue weighted by molar-refractivity contribution is 0.0689. The van der Waals surface area contributed by atoms with Crippen LogP contribution in [0.2, 0.25) is 0 Å². The number of carboxylic acid groups (broad SMARTS) is 1. The van der Waals surface area contributed by atoms with Crippen molar-refractivity contribution >= 4 is 5.97 Å². The van der Waals surface area contributed by atoms with Gasteiger partial charge in [0.1, 0.15) is 0 Å². The van der Waals surface area contributed by atoms with Gasteiger partial charge in [0, 0.05) is 19.6 Å². The van der Waals surface area contributed by atoms with Crippen LogP contribution in [0.15, 0.2) is 17.2 Å². The monoisotopic (exact) mass is 317 g/mol. The van der Waals surface area contributed by atoms with Crippen LogP contribution in [0.4, 0.5) is 0 Å². The van der Waals surface area contributed by atoms with Crippen LogP contribution in [0.3, 0.4) is 0 Å². The third kappa shape index (κ3) is 3.34. The molecule has 3 rings (SSSR count). The topological polar surface area (TPSA) is 58.4 Å². The van der Waals surface area contributed by atoms with E-state index in [1.54, 1.807) is 17.2 Å². The molecule has 0 amide bonds. The number of aromatic nitrogens is 2. The van der Waals surface area contributed by atoms with E-state index in [1.807, 2.05) is 4.68 Å². The van der Waals surface area contributed by atoms with E-state index in [2.05, 4.69) is 30.8 Å². The minimum absolute atomic E-state index is 0.161. The van der Waals surface area contributed by atoms with Gasteiger partial charge in [-0.2, -0.15) is 5.10 Å². The van der Waals surface area contributed by atoms with E-state index in [4.69, 9.17) is 5.11 Å². The van der Waals surface area contributed by atoms with Gasteiger partial charge in [-0.15, -0.1) is 0 Å². The number of carbonyl (C=O) groups is 1. The van der Waals surface area contributed by atoms with Crippen molar-refractivity contribution in [2.75, 3.05) is 13.1 Å². The van der Waals surface area contributed by atoms with E-state index in [0.29, 0.717) is 5.41 Å². The molecule has 2 aliphatic rings. The maximum atomic E-state index is 11.0. The Bertz CT molecular complexity index is 643. The quantitative estimate of drug-likeness (QED) is 0.866. The minimum Gasteiger partial charge on any atom is -0.476 e. The molecule has 23 heavy (non-hydrogen) atoms. The molecule has 2 heterocycles. The third-order valence-electron chi connectivity index (χ3n) is 5.46. The van der Waals surface area contributed by atoms with Crippen LogP contribution < -0.4 is 0 Å². The number of nitrogens with zero attached hydrogens (tertiary/aromatic N) is 3. The van der Waals surface area contributed by atoms with Gasteiger partial charge < -0.3 is 5.11 Å². The summed E-state index contributed by atoms with van der Waals surface area (Å²) in [5, 5.41) is 13.2. The van der Waals surface area contributed by atoms with Crippen LogP contribution in [0.1, 0.15) is 62.6 Å². The Morgan fingerprint density at radius 2 is 2.17 bits per heavy atom. The number of allylic oxidation sites excluding steroid dienone is 1. The van der Waals surface area contributed by atoms with Crippen LogP contribution >= 0.6 is 0 Å². The van der Waals surface area contributed by atoms with Crippen molar-refractivity contribution in [3.8, 4) is 0 Å². The zero-order valence-electron chi connectivity index (χ0n) is 14.4. The Morgan fingerprint density at radius 1 is 1.39 bits per heavy atom. The Balaban J connectivity index is 1.65. The molecule has 0 spiro atoms. The molecule has 0 fully saturated rings. The molecule has 1 aromatic rings. The molecule has 0 saturated carbocycles. The average molecular weight is 317 g/mol. The zero-order chi connectivity index (χ0) is 16.6. The van der Waals surface area contributed by atoms with Crippen LogP contribution in [0, 0.1) is 5.41 Å². The van der Waals surface area contributed by atoms with E-state index < -0.39 is 5.97 Å². The van der Waals surface area contributed by atoms with Crippen LogP contribution in [0.25, 0.3) is 0 Å². The molecule has 5 nitrogen and oxygen atoms in total. The Morgan fingerprint density at radius 3 is 2.87 bits per heavy atom. The first-order valence-corrected chi connectivity index (χ1v) is 8.58. The second-order valence-electron chi connectivity index (χ2n) is 7.57. The number of carboxylic acids is 1. The number of hydrogen-bond donors (Lipinski definition) is 1. The summed E-state index contributed by atoms with van der Waals surface area (Å²) in [7, 11) is 0. The van der Waals surface area contributed by atoms with Crippen molar-refractivity contribution < 1.29 is 9.90 Å². The van der Waals surface area contributed by atoms with Gasteiger partial charge in [0.25, 0.3) is 0 Å². The first kappa shape index (κ1) is 16.2. The summed E-state index contributed by atoms with van der Waals surface area (Å²) in [6, 6.07) is 1.71. The molecular formula is C18H27N3O2. The van der Waals surface area contributed by atoms with Gasteiger partial charge >= 0.3 is 5.97 Å². The SMILES string of the molecule is CC1=C(CCN2CCn3nc(C(=O)O)cc3C2)C(C)(C)CCC1. The molecule has 0 aromatic carbocycles. The second kappa shape index (κ2) is 6.11. The normalized spacial score (nSPS) is 21.3. The summed E-state index contributed by atoms with van der Waals surface area (Å²) in [6.07, 6.45) is 4.96. The lowest BCUT2D eigenvalue weighted by Crippen LogP contribution is -2.35. The predicted octanol–water partition coefficient (Wildman–Crippen LogP) is 3.31. The predicted molar refractivity (Wildman–Crippen MR) is 89.4 cm³/mol. The highest BCUT2D eigenvalue weighted by atomic mass is 16.4. The van der Waals surface area contributed by atoms with Crippen molar-refractivity contribution in [3.63, 3.8) is 0 Å². The summed E-state index contributed by atoms with van der Waals surface area (Å²) in [5.41, 5.74) is 4.72. The molecule has 0 radical (unpaired) electrons. The van der Waals surface area contributed by atoms with E-state index in [9.17, 15) is 4.79 Å². The fraction of sp³-hybridized carbons (Fsp3) is 0.667. The first-order chi connectivity index (χ1) is 10.9. The maximum Gasteiger partial charge on any atom is 0.356 e. The highest BCUT2D eigenvalue weighted by Crippen LogP contribution is 2.41. The van der Waals surface area contributed by atoms with Gasteiger partial charge in [-0.3, -0.25) is 9.58 Å². The number of aromatic carboxylic acids is 1. The van der Waals surface area contributed by atoms with E-state index in [-0.39, 0.29) is 5.69 Å². The van der Waals surface area contributed by atoms with Gasteiger partial charge in [-0.05, 0) is 44.1 Å². The lowest BCUT2D eigenvalue weighted by atomic mass is 9.71. The Labute approximate surface area is 138 Å². The smallest absolute Gasteiger partial charge is 0.356 e. The number of fused-ring (bicyclic) bond motifs is 1. The van der Waals surface area contributed by atoms with E-state index >= 15 is 0 Å². The van der Waals surface area contributed by atoms with Gasteiger partial charge in [0.15, 0.2) is 5.69 Å². The second-order valence-corrected chi connectivity index (χ2v) is 7.57. The molecule has 0 saturated heterocycles. The summed E-state index contributed by atoms with van der Waals surface area (Å²) < 4.78 is 1.84. The molecule has 0 unspecified atom stereocenters. The van der Waals surface area contributed by atoms with Gasteiger partial charge in [-0.25, -0.2) is 4.79 Å². The minimum atomic E-state index is -0.941. The van der Waals surface area contributed by atoms with E-state index in [1.165, 1.54) is 19.3 Å². The van der Waals surface area contributed by atoms with Gasteiger partial charge in [0.2, 0.25) is 0 Å². The van der Waals surface area contributed by atoms with Crippen molar-refractivity contribution in [1.29, 1.82) is 0 Å². The molecule has 1 N–H and O–H groups in total. The maximum absolute atomic E-state index is 11.0. The van der Waals surface area contributed by atoms with Crippen molar-refractivity contribution in [1.82, 2.24) is 14.7 Å². The molecular weight excluding hydrogens is 290 g/mol. The van der Waals surface area contributed by atoms with Gasteiger partial charge in [-0.1, -0.05) is 25.0 Å². The highest BCUT2D eigenvalue weighted by Gasteiger charge is 2.29. The molecule has 0 atom stereocenters. The molecule has 0 bridgehead atoms. The average Bonchev–Trinajstić information content (AvgIpc) is 2.89. The number of hydrogen-bond acceptors (Lipinski definition) is 3. The molecule has 1 aliphatic carbocycles. The fourth-order valence-corrected chi connectivity index (χ4v) is 4.11. The van der Waals surface area contributed by atoms with Crippen molar-refractivity contribution in [3.05, 3.63) is 28.6 Å².